The fourth-order valence-electron chi connectivity index (χ4n) is 1.80. The molecule has 0 radical (unpaired) electrons. The highest BCUT2D eigenvalue weighted by Gasteiger charge is 2.76. The van der Waals surface area contributed by atoms with Crippen molar-refractivity contribution in [3.05, 3.63) is 0 Å². The Labute approximate surface area is 115 Å². The highest BCUT2D eigenvalue weighted by atomic mass is 31.2. The van der Waals surface area contributed by atoms with Gasteiger partial charge in [0.2, 0.25) is 11.7 Å². The number of carbonyl (C=O) groups is 1. The minimum Gasteiger partial charge on any atom is -0.386 e. The standard InChI is InChI=1S/C8H13F3O9P/c1-6(15)4(13)7(16,8(9,10)11)2(20-5(6)14)3(12)21(17,18)19/h2,4-5,13-19H,1H3/q+1/t2-,4-,5?,6+,7-/m1/s1. The molecule has 21 heavy (non-hydrogen) atoms. The van der Waals surface area contributed by atoms with Crippen molar-refractivity contribution in [1.82, 2.24) is 0 Å². The molecule has 124 valence electrons. The highest BCUT2D eigenvalue weighted by Crippen LogP contribution is 2.53. The van der Waals surface area contributed by atoms with E-state index in [9.17, 15) is 38.4 Å². The Morgan fingerprint density at radius 3 is 1.95 bits per heavy atom. The third-order valence-corrected chi connectivity index (χ3v) is 3.94. The van der Waals surface area contributed by atoms with E-state index < -0.39 is 49.3 Å². The number of hydrogen-bond acceptors (Lipinski definition) is 9. The van der Waals surface area contributed by atoms with Crippen LogP contribution in [0.1, 0.15) is 6.92 Å². The van der Waals surface area contributed by atoms with Crippen molar-refractivity contribution >= 4 is 13.5 Å². The Kier molecular flexibility index (Phi) is 4.47. The lowest BCUT2D eigenvalue weighted by molar-refractivity contribution is -0.400. The first-order valence-electron chi connectivity index (χ1n) is 5.22. The number of aliphatic hydroxyl groups excluding tert-OH is 2. The van der Waals surface area contributed by atoms with E-state index in [1.54, 1.807) is 0 Å². The van der Waals surface area contributed by atoms with Gasteiger partial charge in [0.25, 0.3) is 0 Å². The van der Waals surface area contributed by atoms with Crippen molar-refractivity contribution in [2.45, 2.75) is 42.8 Å². The maximum absolute atomic E-state index is 13.0. The van der Waals surface area contributed by atoms with Crippen LogP contribution in [-0.4, -0.2) is 76.5 Å². The molecule has 1 aliphatic heterocycles. The van der Waals surface area contributed by atoms with Gasteiger partial charge < -0.3 is 25.2 Å². The molecule has 9 nitrogen and oxygen atoms in total. The van der Waals surface area contributed by atoms with Crippen molar-refractivity contribution in [2.75, 3.05) is 0 Å². The molecule has 0 saturated carbocycles. The maximum atomic E-state index is 13.0. The highest BCUT2D eigenvalue weighted by molar-refractivity contribution is 7.76. The SMILES string of the molecule is C[C@@]1(O)C(O)O[C@H](C(=O)[P+](O)(O)O)[C@](O)(C(F)(F)F)[C@@H]1O. The molecule has 0 aromatic rings. The fraction of sp³-hybridized carbons (Fsp3) is 0.875. The van der Waals surface area contributed by atoms with Crippen molar-refractivity contribution in [3.8, 4) is 0 Å². The lowest BCUT2D eigenvalue weighted by Gasteiger charge is -2.50. The first-order chi connectivity index (χ1) is 9.08. The monoisotopic (exact) mass is 341 g/mol. The Hall–Kier alpha value is -0.430. The van der Waals surface area contributed by atoms with E-state index in [4.69, 9.17) is 14.7 Å². The van der Waals surface area contributed by atoms with Gasteiger partial charge in [0, 0.05) is 0 Å². The molecule has 0 aliphatic carbocycles. The van der Waals surface area contributed by atoms with Crippen LogP contribution in [-0.2, 0) is 9.53 Å². The minimum absolute atomic E-state index is 0.485. The second-order valence-corrected chi connectivity index (χ2v) is 6.30. The third-order valence-electron chi connectivity index (χ3n) is 3.11. The summed E-state index contributed by atoms with van der Waals surface area (Å²) < 4.78 is 43.0. The third kappa shape index (κ3) is 2.79. The predicted octanol–water partition coefficient (Wildman–Crippen LogP) is -2.63. The fourth-order valence-corrected chi connectivity index (χ4v) is 2.37. The number of ether oxygens (including phenoxy) is 1. The normalized spacial score (nSPS) is 42.0. The Morgan fingerprint density at radius 1 is 1.19 bits per heavy atom. The van der Waals surface area contributed by atoms with Crippen LogP contribution in [0.3, 0.4) is 0 Å². The van der Waals surface area contributed by atoms with Crippen LogP contribution >= 0.6 is 7.94 Å². The van der Waals surface area contributed by atoms with Crippen molar-refractivity contribution in [2.24, 2.45) is 0 Å². The zero-order valence-electron chi connectivity index (χ0n) is 10.3. The Bertz CT molecular complexity index is 434. The summed E-state index contributed by atoms with van der Waals surface area (Å²) >= 11 is 0. The van der Waals surface area contributed by atoms with Crippen molar-refractivity contribution in [1.29, 1.82) is 0 Å². The second-order valence-electron chi connectivity index (χ2n) is 4.73. The summed E-state index contributed by atoms with van der Waals surface area (Å²) in [6.45, 7) is 0.485. The van der Waals surface area contributed by atoms with Gasteiger partial charge in [-0.1, -0.05) is 0 Å². The topological polar surface area (TPSA) is 168 Å². The molecule has 5 atom stereocenters. The molecule has 13 heteroatoms. The summed E-state index contributed by atoms with van der Waals surface area (Å²) in [5.74, 6) is 0. The molecule has 7 N–H and O–H groups in total. The van der Waals surface area contributed by atoms with Crippen LogP contribution in [0.4, 0.5) is 13.2 Å². The number of hydrogen-bond donors (Lipinski definition) is 7. The quantitative estimate of drug-likeness (QED) is 0.266. The Balaban J connectivity index is 3.45. The molecule has 1 unspecified atom stereocenters. The molecule has 0 spiro atoms. The van der Waals surface area contributed by atoms with Crippen LogP contribution in [0.25, 0.3) is 0 Å². The Morgan fingerprint density at radius 2 is 1.62 bits per heavy atom. The van der Waals surface area contributed by atoms with Gasteiger partial charge in [0.15, 0.2) is 6.29 Å². The van der Waals surface area contributed by atoms with Gasteiger partial charge in [-0.25, -0.2) is 4.79 Å². The van der Waals surface area contributed by atoms with Gasteiger partial charge in [-0.15, -0.1) is 0 Å². The molecule has 0 bridgehead atoms. The van der Waals surface area contributed by atoms with Crippen LogP contribution in [0.2, 0.25) is 0 Å². The van der Waals surface area contributed by atoms with Crippen molar-refractivity contribution in [3.63, 3.8) is 0 Å². The molecule has 1 heterocycles. The van der Waals surface area contributed by atoms with Crippen LogP contribution in [0, 0.1) is 0 Å². The average Bonchev–Trinajstić information content (AvgIpc) is 2.28. The summed E-state index contributed by atoms with van der Waals surface area (Å²) in [6.07, 6.45) is -14.8. The zero-order valence-corrected chi connectivity index (χ0v) is 11.2. The van der Waals surface area contributed by atoms with E-state index in [0.717, 1.165) is 0 Å². The molecule has 0 amide bonds. The molecule has 0 aromatic carbocycles. The first kappa shape index (κ1) is 18.6. The lowest BCUT2D eigenvalue weighted by atomic mass is 9.77. The van der Waals surface area contributed by atoms with Gasteiger partial charge >= 0.3 is 19.6 Å². The molecule has 0 aromatic heterocycles. The van der Waals surface area contributed by atoms with Gasteiger partial charge in [0.05, 0.1) is 0 Å². The van der Waals surface area contributed by atoms with Crippen molar-refractivity contribution < 1.29 is 57.8 Å². The maximum Gasteiger partial charge on any atom is 0.481 e. The summed E-state index contributed by atoms with van der Waals surface area (Å²) in [5.41, 5.74) is -9.93. The van der Waals surface area contributed by atoms with Crippen LogP contribution in [0.5, 0.6) is 0 Å². The van der Waals surface area contributed by atoms with E-state index in [1.165, 1.54) is 0 Å². The number of rotatable bonds is 2. The predicted molar refractivity (Wildman–Crippen MR) is 57.1 cm³/mol. The van der Waals surface area contributed by atoms with Gasteiger partial charge in [-0.3, -0.25) is 0 Å². The second kappa shape index (κ2) is 5.05. The molecule has 1 rings (SSSR count). The molecule has 1 fully saturated rings. The number of aliphatic hydroxyl groups is 4. The van der Waals surface area contributed by atoms with E-state index in [-0.39, 0.29) is 0 Å². The van der Waals surface area contributed by atoms with E-state index in [1.807, 2.05) is 0 Å². The van der Waals surface area contributed by atoms with Gasteiger partial charge in [-0.05, 0) is 6.92 Å². The zero-order chi connectivity index (χ0) is 17.0. The number of halogens is 3. The van der Waals surface area contributed by atoms with E-state index in [2.05, 4.69) is 4.74 Å². The summed E-state index contributed by atoms with van der Waals surface area (Å²) in [6, 6.07) is 0. The van der Waals surface area contributed by atoms with E-state index in [0.29, 0.717) is 6.92 Å². The van der Waals surface area contributed by atoms with Crippen LogP contribution in [0.15, 0.2) is 0 Å². The lowest BCUT2D eigenvalue weighted by Crippen LogP contribution is -2.77. The summed E-state index contributed by atoms with van der Waals surface area (Å²) in [5, 5.41) is 38.0. The molecular formula is C8H13F3O9P+. The smallest absolute Gasteiger partial charge is 0.386 e. The molecule has 1 saturated heterocycles. The van der Waals surface area contributed by atoms with Gasteiger partial charge in [-0.2, -0.15) is 27.9 Å². The molecular weight excluding hydrogens is 328 g/mol. The first-order valence-corrected chi connectivity index (χ1v) is 6.87. The number of carbonyl (C=O) groups excluding carboxylic acids is 1. The van der Waals surface area contributed by atoms with Gasteiger partial charge in [0.1, 0.15) is 11.7 Å². The summed E-state index contributed by atoms with van der Waals surface area (Å²) in [7, 11) is -5.55. The number of alkyl halides is 3. The largest absolute Gasteiger partial charge is 0.481 e. The van der Waals surface area contributed by atoms with E-state index >= 15 is 0 Å². The average molecular weight is 341 g/mol. The minimum atomic E-state index is -5.79. The summed E-state index contributed by atoms with van der Waals surface area (Å²) in [4.78, 5) is 37.6. The van der Waals surface area contributed by atoms with Crippen LogP contribution < -0.4 is 0 Å². The molecule has 1 aliphatic rings.